The van der Waals surface area contributed by atoms with Crippen molar-refractivity contribution in [2.45, 2.75) is 39.8 Å². The lowest BCUT2D eigenvalue weighted by molar-refractivity contribution is 0.194. The van der Waals surface area contributed by atoms with Crippen molar-refractivity contribution >= 4 is 11.7 Å². The Morgan fingerprint density at radius 2 is 1.82 bits per heavy atom. The number of fused-ring (bicyclic) bond motifs is 3. The van der Waals surface area contributed by atoms with Crippen molar-refractivity contribution in [1.29, 1.82) is 0 Å². The van der Waals surface area contributed by atoms with Gasteiger partial charge in [-0.2, -0.15) is 5.10 Å². The fourth-order valence-electron chi connectivity index (χ4n) is 5.41. The minimum Gasteiger partial charge on any atom is -0.308 e. The lowest BCUT2D eigenvalue weighted by atomic mass is 10.00. The minimum absolute atomic E-state index is 0.306. The average Bonchev–Trinajstić information content (AvgIpc) is 3.52. The van der Waals surface area contributed by atoms with E-state index in [-0.39, 0.29) is 17.9 Å². The van der Waals surface area contributed by atoms with Crippen LogP contribution >= 0.6 is 0 Å². The van der Waals surface area contributed by atoms with Crippen LogP contribution in [-0.4, -0.2) is 25.3 Å². The Balaban J connectivity index is 1.55. The summed E-state index contributed by atoms with van der Waals surface area (Å²) in [6.07, 6.45) is 2.75. The third kappa shape index (κ3) is 4.40. The smallest absolute Gasteiger partial charge is 0.308 e. The fourth-order valence-corrected chi connectivity index (χ4v) is 5.41. The summed E-state index contributed by atoms with van der Waals surface area (Å²) in [6.45, 7) is 6.18. The highest BCUT2D eigenvalue weighted by Crippen LogP contribution is 2.39. The summed E-state index contributed by atoms with van der Waals surface area (Å²) < 4.78 is 18.5. The molecule has 196 valence electrons. The first-order valence-corrected chi connectivity index (χ1v) is 13.2. The third-order valence-electron chi connectivity index (χ3n) is 7.35. The number of carbonyl (C=O) groups excluding carboxylic acids is 1. The van der Waals surface area contributed by atoms with E-state index in [1.165, 1.54) is 6.07 Å². The van der Waals surface area contributed by atoms with Crippen LogP contribution in [0.3, 0.4) is 0 Å². The van der Waals surface area contributed by atoms with Crippen LogP contribution in [0.5, 0.6) is 0 Å². The molecule has 0 saturated heterocycles. The SMILES string of the molecule is CCc1nn(-c2ccccc2)c2c1CN(C(=O)Nc1ccc(C)c(F)c1)[C@@H](c1cccc(C)c1)c1cccn1-2. The van der Waals surface area contributed by atoms with E-state index >= 15 is 0 Å². The zero-order valence-electron chi connectivity index (χ0n) is 22.2. The summed E-state index contributed by atoms with van der Waals surface area (Å²) in [5.41, 5.74) is 6.88. The van der Waals surface area contributed by atoms with Crippen LogP contribution < -0.4 is 5.32 Å². The van der Waals surface area contributed by atoms with Crippen molar-refractivity contribution in [3.05, 3.63) is 131 Å². The molecule has 1 atom stereocenters. The van der Waals surface area contributed by atoms with E-state index in [4.69, 9.17) is 5.10 Å². The summed E-state index contributed by atoms with van der Waals surface area (Å²) in [4.78, 5) is 15.9. The van der Waals surface area contributed by atoms with E-state index in [0.29, 0.717) is 24.2 Å². The highest BCUT2D eigenvalue weighted by atomic mass is 19.1. The van der Waals surface area contributed by atoms with Crippen LogP contribution in [0.15, 0.2) is 91.1 Å². The van der Waals surface area contributed by atoms with Gasteiger partial charge in [-0.05, 0) is 67.8 Å². The van der Waals surface area contributed by atoms with Gasteiger partial charge in [-0.1, -0.05) is 61.0 Å². The largest absolute Gasteiger partial charge is 0.322 e. The van der Waals surface area contributed by atoms with Gasteiger partial charge in [0.15, 0.2) is 0 Å². The minimum atomic E-state index is -0.378. The Morgan fingerprint density at radius 3 is 2.56 bits per heavy atom. The van der Waals surface area contributed by atoms with Crippen molar-refractivity contribution < 1.29 is 9.18 Å². The predicted molar refractivity (Wildman–Crippen MR) is 151 cm³/mol. The lowest BCUT2D eigenvalue weighted by Crippen LogP contribution is -2.38. The monoisotopic (exact) mass is 519 g/mol. The highest BCUT2D eigenvalue weighted by molar-refractivity contribution is 5.90. The van der Waals surface area contributed by atoms with Crippen molar-refractivity contribution in [3.8, 4) is 11.5 Å². The van der Waals surface area contributed by atoms with Crippen molar-refractivity contribution in [2.24, 2.45) is 0 Å². The molecule has 3 aromatic carbocycles. The highest BCUT2D eigenvalue weighted by Gasteiger charge is 2.36. The van der Waals surface area contributed by atoms with Crippen LogP contribution in [0.2, 0.25) is 0 Å². The van der Waals surface area contributed by atoms with Gasteiger partial charge >= 0.3 is 6.03 Å². The molecule has 0 bridgehead atoms. The van der Waals surface area contributed by atoms with Gasteiger partial charge in [0, 0.05) is 17.4 Å². The molecule has 1 aliphatic heterocycles. The fraction of sp³-hybridized carbons (Fsp3) is 0.188. The molecule has 3 heterocycles. The second-order valence-corrected chi connectivity index (χ2v) is 9.99. The number of para-hydroxylation sites is 1. The summed E-state index contributed by atoms with van der Waals surface area (Å²) in [7, 11) is 0. The molecule has 0 fully saturated rings. The van der Waals surface area contributed by atoms with Gasteiger partial charge in [-0.3, -0.25) is 0 Å². The van der Waals surface area contributed by atoms with Gasteiger partial charge in [-0.15, -0.1) is 0 Å². The Bertz CT molecular complexity index is 1670. The van der Waals surface area contributed by atoms with Crippen LogP contribution in [0, 0.1) is 19.7 Å². The Morgan fingerprint density at radius 1 is 1.00 bits per heavy atom. The Labute approximate surface area is 227 Å². The summed E-state index contributed by atoms with van der Waals surface area (Å²) >= 11 is 0. The maximum atomic E-state index is 14.4. The summed E-state index contributed by atoms with van der Waals surface area (Å²) in [5, 5.41) is 7.96. The second kappa shape index (κ2) is 9.91. The normalized spacial score (nSPS) is 14.5. The second-order valence-electron chi connectivity index (χ2n) is 9.99. The number of halogens is 1. The number of hydrogen-bond acceptors (Lipinski definition) is 2. The van der Waals surface area contributed by atoms with E-state index in [2.05, 4.69) is 48.0 Å². The quantitative estimate of drug-likeness (QED) is 0.275. The molecule has 0 radical (unpaired) electrons. The van der Waals surface area contributed by atoms with E-state index in [9.17, 15) is 9.18 Å². The molecular weight excluding hydrogens is 489 g/mol. The first kappa shape index (κ1) is 24.7. The van der Waals surface area contributed by atoms with Gasteiger partial charge in [0.25, 0.3) is 0 Å². The molecular formula is C32H30FN5O. The number of benzene rings is 3. The van der Waals surface area contributed by atoms with Gasteiger partial charge in [0.05, 0.1) is 29.7 Å². The third-order valence-corrected chi connectivity index (χ3v) is 7.35. The first-order valence-electron chi connectivity index (χ1n) is 13.2. The molecule has 0 unspecified atom stereocenters. The summed E-state index contributed by atoms with van der Waals surface area (Å²) in [5.74, 6) is 0.569. The van der Waals surface area contributed by atoms with E-state index < -0.39 is 0 Å². The Hall–Kier alpha value is -4.65. The predicted octanol–water partition coefficient (Wildman–Crippen LogP) is 7.12. The van der Waals surface area contributed by atoms with Crippen molar-refractivity contribution in [1.82, 2.24) is 19.2 Å². The van der Waals surface area contributed by atoms with Crippen molar-refractivity contribution in [3.63, 3.8) is 0 Å². The van der Waals surface area contributed by atoms with Crippen LogP contribution in [0.4, 0.5) is 14.9 Å². The number of anilines is 1. The molecule has 6 nitrogen and oxygen atoms in total. The molecule has 1 N–H and O–H groups in total. The number of aromatic nitrogens is 3. The zero-order valence-corrected chi connectivity index (χ0v) is 22.2. The summed E-state index contributed by atoms with van der Waals surface area (Å²) in [6, 6.07) is 26.5. The van der Waals surface area contributed by atoms with Crippen LogP contribution in [-0.2, 0) is 13.0 Å². The molecule has 5 aromatic rings. The number of hydrogen-bond donors (Lipinski definition) is 1. The van der Waals surface area contributed by atoms with Crippen LogP contribution in [0.25, 0.3) is 11.5 Å². The molecule has 0 aliphatic carbocycles. The molecule has 39 heavy (non-hydrogen) atoms. The number of amides is 2. The number of aryl methyl sites for hydroxylation is 3. The van der Waals surface area contributed by atoms with Gasteiger partial charge in [0.1, 0.15) is 11.6 Å². The molecule has 0 saturated carbocycles. The maximum Gasteiger partial charge on any atom is 0.322 e. The number of nitrogens with one attached hydrogen (secondary N) is 1. The number of rotatable bonds is 4. The van der Waals surface area contributed by atoms with Crippen LogP contribution in [0.1, 0.15) is 46.6 Å². The molecule has 2 amide bonds. The Kier molecular flexibility index (Phi) is 6.27. The van der Waals surface area contributed by atoms with E-state index in [0.717, 1.165) is 39.6 Å². The first-order chi connectivity index (χ1) is 18.9. The topological polar surface area (TPSA) is 55.1 Å². The molecule has 1 aliphatic rings. The number of nitrogens with zero attached hydrogens (tertiary/aromatic N) is 4. The maximum absolute atomic E-state index is 14.4. The average molecular weight is 520 g/mol. The lowest BCUT2D eigenvalue weighted by Gasteiger charge is -2.31. The molecule has 0 spiro atoms. The number of carbonyl (C=O) groups is 1. The molecule has 2 aromatic heterocycles. The standard InChI is InChI=1S/C32H30FN5O/c1-4-28-26-20-37(32(39)34-24-16-15-22(3)27(33)19-24)30(23-11-8-10-21(2)18-23)29-14-9-17-36(29)31(26)38(35-28)25-12-6-5-7-13-25/h5-19,30H,4,20H2,1-3H3,(H,34,39)/t30-/m0/s1. The van der Waals surface area contributed by atoms with E-state index in [1.54, 1.807) is 19.1 Å². The molecule has 7 heteroatoms. The zero-order chi connectivity index (χ0) is 27.1. The van der Waals surface area contributed by atoms with Gasteiger partial charge in [-0.25, -0.2) is 13.9 Å². The van der Waals surface area contributed by atoms with Gasteiger partial charge in [0.2, 0.25) is 0 Å². The van der Waals surface area contributed by atoms with Gasteiger partial charge < -0.3 is 14.8 Å². The molecule has 6 rings (SSSR count). The number of urea groups is 1. The van der Waals surface area contributed by atoms with E-state index in [1.807, 2.05) is 58.2 Å². The van der Waals surface area contributed by atoms with Crippen molar-refractivity contribution in [2.75, 3.05) is 5.32 Å².